The molecule has 0 spiro atoms. The summed E-state index contributed by atoms with van der Waals surface area (Å²) in [4.78, 5) is 32.4. The molecule has 1 fully saturated rings. The Hall–Kier alpha value is -4.59. The molecule has 6 rings (SSSR count). The molecule has 3 aromatic carbocycles. The van der Waals surface area contributed by atoms with E-state index in [-0.39, 0.29) is 12.0 Å². The first-order valence-corrected chi connectivity index (χ1v) is 19.5. The number of nitrogens with zero attached hydrogens (tertiary/aromatic N) is 3. The third-order valence-electron chi connectivity index (χ3n) is 9.76. The van der Waals surface area contributed by atoms with Crippen LogP contribution in [0.25, 0.3) is 11.3 Å². The highest BCUT2D eigenvalue weighted by Gasteiger charge is 2.38. The van der Waals surface area contributed by atoms with Gasteiger partial charge >= 0.3 is 12.1 Å². The average molecular weight is 751 g/mol. The van der Waals surface area contributed by atoms with E-state index in [1.54, 1.807) is 12.1 Å². The highest BCUT2D eigenvalue weighted by Crippen LogP contribution is 2.30. The molecule has 1 amide bonds. The van der Waals surface area contributed by atoms with Crippen LogP contribution >= 0.6 is 0 Å². The first-order valence-electron chi connectivity index (χ1n) is 17.6. The number of hydrogen-bond donors (Lipinski definition) is 2. The first-order chi connectivity index (χ1) is 25.2. The summed E-state index contributed by atoms with van der Waals surface area (Å²) in [5.74, 6) is -2.34. The number of aliphatic carboxylic acids is 1. The predicted octanol–water partition coefficient (Wildman–Crippen LogP) is 5.96. The lowest BCUT2D eigenvalue weighted by molar-refractivity contribution is -0.192. The monoisotopic (exact) mass is 750 g/mol. The van der Waals surface area contributed by atoms with E-state index >= 15 is 0 Å². The fourth-order valence-corrected chi connectivity index (χ4v) is 7.31. The van der Waals surface area contributed by atoms with E-state index in [0.29, 0.717) is 23.9 Å². The quantitative estimate of drug-likeness (QED) is 0.181. The zero-order valence-electron chi connectivity index (χ0n) is 29.9. The topological polar surface area (TPSA) is 120 Å². The maximum absolute atomic E-state index is 14.0. The smallest absolute Gasteiger partial charge is 0.475 e. The molecule has 9 nitrogen and oxygen atoms in total. The minimum absolute atomic E-state index is 0.102. The van der Waals surface area contributed by atoms with Crippen molar-refractivity contribution in [3.8, 4) is 11.3 Å². The zero-order valence-corrected chi connectivity index (χ0v) is 30.7. The van der Waals surface area contributed by atoms with E-state index in [1.807, 2.05) is 18.3 Å². The predicted molar refractivity (Wildman–Crippen MR) is 197 cm³/mol. The molecular weight excluding hydrogens is 706 g/mol. The molecule has 2 aliphatic rings. The molecule has 0 saturated carbocycles. The fourth-order valence-electron chi connectivity index (χ4n) is 6.68. The molecule has 4 aromatic rings. The summed E-state index contributed by atoms with van der Waals surface area (Å²) in [5, 5.41) is 10.6. The van der Waals surface area contributed by atoms with Gasteiger partial charge in [-0.25, -0.2) is 13.2 Å². The lowest BCUT2D eigenvalue weighted by Crippen LogP contribution is -2.46. The highest BCUT2D eigenvalue weighted by molar-refractivity contribution is 7.90. The lowest BCUT2D eigenvalue weighted by atomic mass is 9.94. The number of carbonyl (C=O) groups is 2. The van der Waals surface area contributed by atoms with Gasteiger partial charge in [-0.15, -0.1) is 0 Å². The normalized spacial score (nSPS) is 15.3. The van der Waals surface area contributed by atoms with E-state index in [9.17, 15) is 26.4 Å². The Morgan fingerprint density at radius 3 is 1.98 bits per heavy atom. The van der Waals surface area contributed by atoms with Gasteiger partial charge in [0.05, 0.1) is 10.6 Å². The molecule has 282 valence electrons. The number of alkyl halides is 3. The zero-order chi connectivity index (χ0) is 38.2. The number of sulfone groups is 1. The maximum Gasteiger partial charge on any atom is 0.490 e. The van der Waals surface area contributed by atoms with Crippen molar-refractivity contribution in [1.29, 1.82) is 0 Å². The van der Waals surface area contributed by atoms with Crippen LogP contribution in [0.3, 0.4) is 0 Å². The summed E-state index contributed by atoms with van der Waals surface area (Å²) in [6.45, 7) is 4.08. The van der Waals surface area contributed by atoms with Crippen molar-refractivity contribution < 1.29 is 36.3 Å². The fraction of sp³-hybridized carbons (Fsp3) is 0.375. The number of carboxylic acids is 1. The summed E-state index contributed by atoms with van der Waals surface area (Å²) in [5.41, 5.74) is 8.07. The van der Waals surface area contributed by atoms with Crippen LogP contribution in [0.1, 0.15) is 40.7 Å². The molecule has 0 radical (unpaired) electrons. The van der Waals surface area contributed by atoms with Crippen molar-refractivity contribution in [3.63, 3.8) is 0 Å². The summed E-state index contributed by atoms with van der Waals surface area (Å²) in [6, 6.07) is 28.6. The second kappa shape index (κ2) is 17.5. The number of aromatic nitrogens is 1. The van der Waals surface area contributed by atoms with Gasteiger partial charge in [-0.05, 0) is 105 Å². The van der Waals surface area contributed by atoms with Crippen molar-refractivity contribution in [2.24, 2.45) is 5.92 Å². The highest BCUT2D eigenvalue weighted by atomic mass is 32.2. The lowest BCUT2D eigenvalue weighted by Gasteiger charge is -2.35. The van der Waals surface area contributed by atoms with E-state index in [1.165, 1.54) is 17.4 Å². The number of hydrogen-bond acceptors (Lipinski definition) is 7. The summed E-state index contributed by atoms with van der Waals surface area (Å²) in [7, 11) is -1.03. The van der Waals surface area contributed by atoms with Gasteiger partial charge in [-0.3, -0.25) is 9.78 Å². The molecule has 1 aliphatic carbocycles. The molecule has 2 heterocycles. The second-order valence-electron chi connectivity index (χ2n) is 13.8. The Morgan fingerprint density at radius 2 is 1.45 bits per heavy atom. The van der Waals surface area contributed by atoms with Crippen LogP contribution < -0.4 is 5.32 Å². The minimum Gasteiger partial charge on any atom is -0.475 e. The van der Waals surface area contributed by atoms with Gasteiger partial charge in [-0.1, -0.05) is 66.7 Å². The number of rotatable bonds is 11. The van der Waals surface area contributed by atoms with Gasteiger partial charge in [0.1, 0.15) is 0 Å². The van der Waals surface area contributed by atoms with Crippen molar-refractivity contribution >= 4 is 21.7 Å². The Kier molecular flexibility index (Phi) is 13.1. The number of pyridine rings is 1. The van der Waals surface area contributed by atoms with Crippen LogP contribution in [-0.4, -0.2) is 85.3 Å². The van der Waals surface area contributed by atoms with Crippen LogP contribution in [0.5, 0.6) is 0 Å². The number of amides is 1. The Labute approximate surface area is 308 Å². The summed E-state index contributed by atoms with van der Waals surface area (Å²) >= 11 is 0. The van der Waals surface area contributed by atoms with Gasteiger partial charge in [0.15, 0.2) is 9.84 Å². The van der Waals surface area contributed by atoms with Crippen molar-refractivity contribution in [1.82, 2.24) is 20.1 Å². The second-order valence-corrected chi connectivity index (χ2v) is 15.8. The van der Waals surface area contributed by atoms with Gasteiger partial charge < -0.3 is 20.2 Å². The van der Waals surface area contributed by atoms with Crippen molar-refractivity contribution in [3.05, 3.63) is 119 Å². The largest absolute Gasteiger partial charge is 0.490 e. The Balaban J connectivity index is 0.000000705. The summed E-state index contributed by atoms with van der Waals surface area (Å²) < 4.78 is 55.0. The molecule has 1 aromatic heterocycles. The third-order valence-corrected chi connectivity index (χ3v) is 10.9. The van der Waals surface area contributed by atoms with Crippen LogP contribution in [-0.2, 0) is 51.8 Å². The van der Waals surface area contributed by atoms with Crippen LogP contribution in [0.4, 0.5) is 13.2 Å². The molecular formula is C40H45F3N4O5S. The maximum atomic E-state index is 14.0. The number of carbonyl (C=O) groups excluding carboxylic acids is 1. The summed E-state index contributed by atoms with van der Waals surface area (Å²) in [6.07, 6.45) is 2.59. The van der Waals surface area contributed by atoms with Gasteiger partial charge in [0.2, 0.25) is 5.91 Å². The third kappa shape index (κ3) is 11.2. The SMILES string of the molecule is CN1CCC(C(=O)N(Cc2ccc(-c3ccc(CNCCc4ccc(S(C)(=O)=O)cc4)cn3)cc2)C2Cc3ccccc3C2)CC1.O=C(O)C(F)(F)F. The molecule has 0 bridgehead atoms. The number of benzene rings is 3. The van der Waals surface area contributed by atoms with Gasteiger partial charge in [0.25, 0.3) is 0 Å². The molecule has 0 unspecified atom stereocenters. The standard InChI is InChI=1S/C38H44N4O3S.C2HF3O2/c1-41-21-18-32(19-22-41)38(43)42(35-23-33-5-3-4-6-34(33)24-35)27-29-7-12-31(13-8-29)37-16-11-30(26-40-37)25-39-20-17-28-9-14-36(15-10-28)46(2,44)45;3-2(4,5)1(6)7/h3-16,26,32,35,39H,17-25,27H2,1-2H3;(H,6,7). The van der Waals surface area contributed by atoms with Crippen LogP contribution in [0.15, 0.2) is 96.0 Å². The molecule has 0 atom stereocenters. The Bertz CT molecular complexity index is 1920. The number of fused-ring (bicyclic) bond motifs is 1. The first kappa shape index (κ1) is 39.6. The number of halogens is 3. The van der Waals surface area contributed by atoms with E-state index in [2.05, 4.69) is 82.8 Å². The molecule has 1 saturated heterocycles. The van der Waals surface area contributed by atoms with Gasteiger partial charge in [-0.2, -0.15) is 13.2 Å². The van der Waals surface area contributed by atoms with E-state index in [0.717, 1.165) is 79.7 Å². The van der Waals surface area contributed by atoms with Gasteiger partial charge in [0, 0.05) is 43.1 Å². The number of piperidine rings is 1. The number of nitrogens with one attached hydrogen (secondary N) is 1. The average Bonchev–Trinajstić information content (AvgIpc) is 3.57. The molecule has 13 heteroatoms. The van der Waals surface area contributed by atoms with Crippen LogP contribution in [0.2, 0.25) is 0 Å². The van der Waals surface area contributed by atoms with Crippen molar-refractivity contribution in [2.75, 3.05) is 32.9 Å². The number of carboxylic acid groups (broad SMARTS) is 1. The van der Waals surface area contributed by atoms with E-state index < -0.39 is 22.0 Å². The van der Waals surface area contributed by atoms with Crippen LogP contribution in [0, 0.1) is 5.92 Å². The number of likely N-dealkylation sites (tertiary alicyclic amines) is 1. The van der Waals surface area contributed by atoms with E-state index in [4.69, 9.17) is 14.9 Å². The molecule has 1 aliphatic heterocycles. The molecule has 2 N–H and O–H groups in total. The molecule has 53 heavy (non-hydrogen) atoms. The van der Waals surface area contributed by atoms with Crippen molar-refractivity contribution in [2.45, 2.75) is 62.3 Å². The Morgan fingerprint density at radius 1 is 0.887 bits per heavy atom. The minimum atomic E-state index is -5.08.